The number of hydrogen-bond acceptors (Lipinski definition) is 4. The minimum absolute atomic E-state index is 0.103. The van der Waals surface area contributed by atoms with Crippen LogP contribution in [0.2, 0.25) is 0 Å². The molecule has 1 saturated heterocycles. The Morgan fingerprint density at radius 1 is 1.00 bits per heavy atom. The van der Waals surface area contributed by atoms with Crippen molar-refractivity contribution < 1.29 is 17.6 Å². The fourth-order valence-electron chi connectivity index (χ4n) is 3.96. The monoisotopic (exact) mass is 467 g/mol. The number of nitrogens with zero attached hydrogens (tertiary/aromatic N) is 2. The highest BCUT2D eigenvalue weighted by atomic mass is 32.2. The van der Waals surface area contributed by atoms with Crippen molar-refractivity contribution in [3.8, 4) is 0 Å². The maximum Gasteiger partial charge on any atom is 0.261 e. The molecule has 4 rings (SSSR count). The number of aryl methyl sites for hydroxylation is 1. The molecule has 1 aliphatic rings. The second-order valence-electron chi connectivity index (χ2n) is 8.28. The molecule has 1 atom stereocenters. The number of halogens is 1. The summed E-state index contributed by atoms with van der Waals surface area (Å²) in [7, 11) is -1.97. The fourth-order valence-corrected chi connectivity index (χ4v) is 5.02. The molecule has 33 heavy (non-hydrogen) atoms. The van der Waals surface area contributed by atoms with E-state index in [0.717, 1.165) is 18.2 Å². The Balaban J connectivity index is 1.59. The maximum atomic E-state index is 13.9. The van der Waals surface area contributed by atoms with Crippen molar-refractivity contribution >= 4 is 21.6 Å². The number of anilines is 1. The lowest BCUT2D eigenvalue weighted by molar-refractivity contribution is 0.0498. The van der Waals surface area contributed by atoms with E-state index < -0.39 is 15.8 Å². The van der Waals surface area contributed by atoms with Gasteiger partial charge in [-0.25, -0.2) is 12.8 Å². The van der Waals surface area contributed by atoms with Crippen LogP contribution in [-0.4, -0.2) is 50.8 Å². The summed E-state index contributed by atoms with van der Waals surface area (Å²) in [6, 6.07) is 19.9. The van der Waals surface area contributed by atoms with Crippen LogP contribution in [0.25, 0.3) is 0 Å². The van der Waals surface area contributed by atoms with Crippen LogP contribution in [0.1, 0.15) is 27.5 Å². The van der Waals surface area contributed by atoms with Crippen molar-refractivity contribution in [3.63, 3.8) is 0 Å². The van der Waals surface area contributed by atoms with Crippen LogP contribution in [0.15, 0.2) is 77.7 Å². The summed E-state index contributed by atoms with van der Waals surface area (Å²) in [5, 5.41) is 0. The molecule has 1 heterocycles. The first-order valence-electron chi connectivity index (χ1n) is 10.7. The van der Waals surface area contributed by atoms with Crippen molar-refractivity contribution in [2.24, 2.45) is 0 Å². The van der Waals surface area contributed by atoms with Gasteiger partial charge in [0.15, 0.2) is 0 Å². The van der Waals surface area contributed by atoms with Crippen LogP contribution in [-0.2, 0) is 10.0 Å². The molecular weight excluding hydrogens is 441 g/mol. The van der Waals surface area contributed by atoms with Crippen LogP contribution < -0.4 is 4.72 Å². The zero-order chi connectivity index (χ0) is 23.6. The summed E-state index contributed by atoms with van der Waals surface area (Å²) in [4.78, 5) is 17.3. The van der Waals surface area contributed by atoms with E-state index in [1.165, 1.54) is 18.2 Å². The van der Waals surface area contributed by atoms with Gasteiger partial charge in [0, 0.05) is 30.9 Å². The minimum Gasteiger partial charge on any atom is -0.329 e. The number of carbonyl (C=O) groups is 1. The van der Waals surface area contributed by atoms with E-state index in [4.69, 9.17) is 0 Å². The number of piperazine rings is 1. The van der Waals surface area contributed by atoms with Crippen molar-refractivity contribution in [2.45, 2.75) is 17.9 Å². The Labute approximate surface area is 193 Å². The highest BCUT2D eigenvalue weighted by Gasteiger charge is 2.31. The second kappa shape index (κ2) is 9.33. The molecule has 172 valence electrons. The number of likely N-dealkylation sites (N-methyl/N-ethyl adjacent to an activating group) is 1. The Bertz CT molecular complexity index is 1260. The van der Waals surface area contributed by atoms with Gasteiger partial charge in [-0.15, -0.1) is 0 Å². The number of nitrogens with one attached hydrogen (secondary N) is 1. The molecule has 0 aliphatic carbocycles. The summed E-state index contributed by atoms with van der Waals surface area (Å²) in [6.45, 7) is 3.59. The van der Waals surface area contributed by atoms with E-state index in [1.54, 1.807) is 25.1 Å². The average Bonchev–Trinajstić information content (AvgIpc) is 2.81. The van der Waals surface area contributed by atoms with Crippen molar-refractivity contribution in [2.75, 3.05) is 31.4 Å². The van der Waals surface area contributed by atoms with Crippen molar-refractivity contribution in [3.05, 3.63) is 95.3 Å². The standard InChI is InChI=1S/C25H26FN3O3S/c1-18-11-12-22(16-23(18)26)33(31,32)27-21-10-6-9-20(15-21)25(30)29-14-13-28(2)17-24(29)19-7-4-3-5-8-19/h3-12,15-16,24,27H,13-14,17H2,1-2H3/t24-/m1/s1. The lowest BCUT2D eigenvalue weighted by Gasteiger charge is -2.40. The number of rotatable bonds is 5. The summed E-state index contributed by atoms with van der Waals surface area (Å²) < 4.78 is 41.8. The van der Waals surface area contributed by atoms with Crippen LogP contribution in [0, 0.1) is 12.7 Å². The SMILES string of the molecule is Cc1ccc(S(=O)(=O)Nc2cccc(C(=O)N3CCN(C)C[C@@H]3c3ccccc3)c2)cc1F. The van der Waals surface area contributed by atoms with Gasteiger partial charge in [-0.05, 0) is 55.4 Å². The third kappa shape index (κ3) is 5.07. The number of carbonyl (C=O) groups excluding carboxylic acids is 1. The van der Waals surface area contributed by atoms with Crippen LogP contribution >= 0.6 is 0 Å². The molecule has 8 heteroatoms. The lowest BCUT2D eigenvalue weighted by Crippen LogP contribution is -2.49. The molecule has 1 N–H and O–H groups in total. The van der Waals surface area contributed by atoms with Gasteiger partial charge in [0.1, 0.15) is 5.82 Å². The first kappa shape index (κ1) is 22.9. The molecule has 1 amide bonds. The molecule has 3 aromatic carbocycles. The van der Waals surface area contributed by atoms with E-state index in [1.807, 2.05) is 42.3 Å². The fraction of sp³-hybridized carbons (Fsp3) is 0.240. The quantitative estimate of drug-likeness (QED) is 0.614. The van der Waals surface area contributed by atoms with Gasteiger partial charge >= 0.3 is 0 Å². The topological polar surface area (TPSA) is 69.7 Å². The van der Waals surface area contributed by atoms with Crippen LogP contribution in [0.3, 0.4) is 0 Å². The van der Waals surface area contributed by atoms with Gasteiger partial charge < -0.3 is 9.80 Å². The summed E-state index contributed by atoms with van der Waals surface area (Å²) in [5.74, 6) is -0.761. The first-order valence-corrected chi connectivity index (χ1v) is 12.2. The van der Waals surface area contributed by atoms with Crippen LogP contribution in [0.5, 0.6) is 0 Å². The Kier molecular flexibility index (Phi) is 6.49. The lowest BCUT2D eigenvalue weighted by atomic mass is 10.0. The predicted molar refractivity (Wildman–Crippen MR) is 126 cm³/mol. The minimum atomic E-state index is -4.00. The molecule has 0 radical (unpaired) electrons. The van der Waals surface area contributed by atoms with Crippen LogP contribution in [0.4, 0.5) is 10.1 Å². The van der Waals surface area contributed by atoms with Gasteiger partial charge in [0.2, 0.25) is 0 Å². The largest absolute Gasteiger partial charge is 0.329 e. The zero-order valence-corrected chi connectivity index (χ0v) is 19.3. The van der Waals surface area contributed by atoms with Gasteiger partial charge in [0.05, 0.1) is 10.9 Å². The zero-order valence-electron chi connectivity index (χ0n) is 18.5. The smallest absolute Gasteiger partial charge is 0.261 e. The third-order valence-electron chi connectivity index (χ3n) is 5.84. The maximum absolute atomic E-state index is 13.9. The highest BCUT2D eigenvalue weighted by Crippen LogP contribution is 2.27. The summed E-state index contributed by atoms with van der Waals surface area (Å²) in [5.41, 5.74) is 2.04. The van der Waals surface area contributed by atoms with Crippen molar-refractivity contribution in [1.82, 2.24) is 9.80 Å². The van der Waals surface area contributed by atoms with Gasteiger partial charge in [0.25, 0.3) is 15.9 Å². The third-order valence-corrected chi connectivity index (χ3v) is 7.22. The Hall–Kier alpha value is -3.23. The van der Waals surface area contributed by atoms with Crippen molar-refractivity contribution in [1.29, 1.82) is 0 Å². The Morgan fingerprint density at radius 2 is 1.76 bits per heavy atom. The molecule has 6 nitrogen and oxygen atoms in total. The molecular formula is C25H26FN3O3S. The van der Waals surface area contributed by atoms with E-state index in [-0.39, 0.29) is 22.5 Å². The number of hydrogen-bond donors (Lipinski definition) is 1. The number of sulfonamides is 1. The molecule has 0 unspecified atom stereocenters. The predicted octanol–water partition coefficient (Wildman–Crippen LogP) is 4.06. The molecule has 1 aliphatic heterocycles. The highest BCUT2D eigenvalue weighted by molar-refractivity contribution is 7.92. The van der Waals surface area contributed by atoms with E-state index in [2.05, 4.69) is 9.62 Å². The van der Waals surface area contributed by atoms with E-state index in [9.17, 15) is 17.6 Å². The molecule has 0 aromatic heterocycles. The molecule has 0 saturated carbocycles. The summed E-state index contributed by atoms with van der Waals surface area (Å²) in [6.07, 6.45) is 0. The second-order valence-corrected chi connectivity index (χ2v) is 9.97. The molecule has 1 fully saturated rings. The van der Waals surface area contributed by atoms with Gasteiger partial charge in [-0.3, -0.25) is 9.52 Å². The molecule has 0 spiro atoms. The van der Waals surface area contributed by atoms with Gasteiger partial charge in [-0.1, -0.05) is 42.5 Å². The normalized spacial score (nSPS) is 17.1. The van der Waals surface area contributed by atoms with E-state index in [0.29, 0.717) is 24.2 Å². The summed E-state index contributed by atoms with van der Waals surface area (Å²) >= 11 is 0. The number of amides is 1. The Morgan fingerprint density at radius 3 is 2.48 bits per heavy atom. The number of benzene rings is 3. The molecule has 3 aromatic rings. The molecule has 0 bridgehead atoms. The first-order chi connectivity index (χ1) is 15.7. The average molecular weight is 468 g/mol. The van der Waals surface area contributed by atoms with Gasteiger partial charge in [-0.2, -0.15) is 0 Å². The van der Waals surface area contributed by atoms with E-state index >= 15 is 0 Å².